The summed E-state index contributed by atoms with van der Waals surface area (Å²) in [6.07, 6.45) is 5.70. The molecule has 0 spiro atoms. The summed E-state index contributed by atoms with van der Waals surface area (Å²) in [5, 5.41) is 0. The van der Waals surface area contributed by atoms with Crippen LogP contribution >= 0.6 is 0 Å². The van der Waals surface area contributed by atoms with E-state index in [4.69, 9.17) is 26.4 Å². The van der Waals surface area contributed by atoms with Crippen LogP contribution in [0.1, 0.15) is 19.8 Å². The Balaban J connectivity index is 3.72. The Bertz CT molecular complexity index is 225. The molecule has 0 aromatic rings. The van der Waals surface area contributed by atoms with Crippen molar-refractivity contribution in [1.82, 2.24) is 0 Å². The van der Waals surface area contributed by atoms with E-state index >= 15 is 0 Å². The van der Waals surface area contributed by atoms with Crippen molar-refractivity contribution in [3.05, 3.63) is 0 Å². The van der Waals surface area contributed by atoms with Crippen molar-refractivity contribution >= 4 is 6.09 Å². The van der Waals surface area contributed by atoms with E-state index in [1.165, 1.54) is 0 Å². The lowest BCUT2D eigenvalue weighted by molar-refractivity contribution is -0.0202. The van der Waals surface area contributed by atoms with Gasteiger partial charge in [-0.25, -0.2) is 4.79 Å². The van der Waals surface area contributed by atoms with Gasteiger partial charge in [-0.3, -0.25) is 0 Å². The highest BCUT2D eigenvalue weighted by atomic mass is 16.6. The van der Waals surface area contributed by atoms with Crippen LogP contribution < -0.4 is 5.73 Å². The highest BCUT2D eigenvalue weighted by molar-refractivity contribution is 5.64. The van der Waals surface area contributed by atoms with Gasteiger partial charge in [-0.15, -0.1) is 6.42 Å². The molecule has 5 nitrogen and oxygen atoms in total. The number of amides is 1. The van der Waals surface area contributed by atoms with Gasteiger partial charge in [-0.05, 0) is 6.42 Å². The number of hydrogen-bond acceptors (Lipinski definition) is 4. The lowest BCUT2D eigenvalue weighted by atomic mass is 10.3. The van der Waals surface area contributed by atoms with Gasteiger partial charge in [0.1, 0.15) is 6.61 Å². The molecule has 0 saturated heterocycles. The molecule has 0 fully saturated rings. The SMILES string of the molecule is C#CCOCC(COCCCC)OC(N)=O. The first-order chi connectivity index (χ1) is 7.70. The minimum absolute atomic E-state index is 0.174. The zero-order chi connectivity index (χ0) is 12.2. The Labute approximate surface area is 96.2 Å². The number of hydrogen-bond donors (Lipinski definition) is 1. The molecular weight excluding hydrogens is 210 g/mol. The van der Waals surface area contributed by atoms with E-state index in [9.17, 15) is 4.79 Å². The Morgan fingerprint density at radius 2 is 2.12 bits per heavy atom. The summed E-state index contributed by atoms with van der Waals surface area (Å²) < 4.78 is 15.2. The maximum atomic E-state index is 10.6. The van der Waals surface area contributed by atoms with Crippen LogP contribution in [-0.4, -0.2) is 38.6 Å². The largest absolute Gasteiger partial charge is 0.441 e. The lowest BCUT2D eigenvalue weighted by Crippen LogP contribution is -2.31. The van der Waals surface area contributed by atoms with Gasteiger partial charge in [0.25, 0.3) is 0 Å². The Morgan fingerprint density at radius 1 is 1.44 bits per heavy atom. The predicted octanol–water partition coefficient (Wildman–Crippen LogP) is 0.917. The lowest BCUT2D eigenvalue weighted by Gasteiger charge is -2.16. The molecule has 16 heavy (non-hydrogen) atoms. The second-order valence-corrected chi connectivity index (χ2v) is 3.21. The van der Waals surface area contributed by atoms with Crippen molar-refractivity contribution in [2.75, 3.05) is 26.4 Å². The normalized spacial score (nSPS) is 11.8. The van der Waals surface area contributed by atoms with Crippen LogP contribution in [-0.2, 0) is 14.2 Å². The van der Waals surface area contributed by atoms with Crippen molar-refractivity contribution in [2.24, 2.45) is 5.73 Å². The molecule has 0 saturated carbocycles. The molecule has 5 heteroatoms. The summed E-state index contributed by atoms with van der Waals surface area (Å²) in [4.78, 5) is 10.6. The molecule has 1 amide bonds. The third-order valence-electron chi connectivity index (χ3n) is 1.72. The number of nitrogens with two attached hydrogens (primary N) is 1. The topological polar surface area (TPSA) is 70.8 Å². The summed E-state index contributed by atoms with van der Waals surface area (Å²) in [5.41, 5.74) is 4.92. The van der Waals surface area contributed by atoms with E-state index in [1.807, 2.05) is 0 Å². The standard InChI is InChI=1S/C11H19NO4/c1-3-5-7-15-9-10(16-11(12)13)8-14-6-4-2/h2,10H,3,5-9H2,1H3,(H2,12,13). The third-order valence-corrected chi connectivity index (χ3v) is 1.72. The Morgan fingerprint density at radius 3 is 2.69 bits per heavy atom. The van der Waals surface area contributed by atoms with E-state index in [-0.39, 0.29) is 19.8 Å². The molecule has 0 aliphatic carbocycles. The molecule has 1 atom stereocenters. The van der Waals surface area contributed by atoms with Crippen LogP contribution in [0.2, 0.25) is 0 Å². The minimum atomic E-state index is -0.839. The molecule has 2 N–H and O–H groups in total. The number of unbranched alkanes of at least 4 members (excludes halogenated alkanes) is 1. The molecule has 1 unspecified atom stereocenters. The van der Waals surface area contributed by atoms with Gasteiger partial charge in [0, 0.05) is 6.61 Å². The van der Waals surface area contributed by atoms with E-state index in [2.05, 4.69) is 12.8 Å². The average Bonchev–Trinajstić information content (AvgIpc) is 2.23. The summed E-state index contributed by atoms with van der Waals surface area (Å²) in [7, 11) is 0. The highest BCUT2D eigenvalue weighted by Gasteiger charge is 2.12. The fourth-order valence-electron chi connectivity index (χ4n) is 0.991. The number of carbonyl (C=O) groups is 1. The molecular formula is C11H19NO4. The van der Waals surface area contributed by atoms with Crippen molar-refractivity contribution in [3.63, 3.8) is 0 Å². The van der Waals surface area contributed by atoms with Crippen molar-refractivity contribution in [1.29, 1.82) is 0 Å². The van der Waals surface area contributed by atoms with Gasteiger partial charge < -0.3 is 19.9 Å². The average molecular weight is 229 g/mol. The van der Waals surface area contributed by atoms with Crippen LogP contribution in [0.15, 0.2) is 0 Å². The maximum absolute atomic E-state index is 10.6. The second kappa shape index (κ2) is 10.3. The number of primary amides is 1. The van der Waals surface area contributed by atoms with Gasteiger partial charge in [-0.2, -0.15) is 0 Å². The number of carbonyl (C=O) groups excluding carboxylic acids is 1. The first kappa shape index (κ1) is 14.8. The fraction of sp³-hybridized carbons (Fsp3) is 0.727. The van der Waals surface area contributed by atoms with Crippen LogP contribution in [0, 0.1) is 12.3 Å². The van der Waals surface area contributed by atoms with E-state index in [0.717, 1.165) is 12.8 Å². The molecule has 0 bridgehead atoms. The van der Waals surface area contributed by atoms with Gasteiger partial charge in [0.05, 0.1) is 13.2 Å². The molecule has 0 radical (unpaired) electrons. The molecule has 0 aliphatic rings. The molecule has 0 aromatic heterocycles. The Hall–Kier alpha value is -1.25. The van der Waals surface area contributed by atoms with Crippen LogP contribution in [0.3, 0.4) is 0 Å². The summed E-state index contributed by atoms with van der Waals surface area (Å²) >= 11 is 0. The number of ether oxygens (including phenoxy) is 3. The molecule has 0 aliphatic heterocycles. The van der Waals surface area contributed by atoms with E-state index in [0.29, 0.717) is 6.61 Å². The second-order valence-electron chi connectivity index (χ2n) is 3.21. The number of rotatable bonds is 9. The summed E-state index contributed by atoms with van der Waals surface area (Å²) in [6, 6.07) is 0. The molecule has 0 rings (SSSR count). The van der Waals surface area contributed by atoms with Crippen LogP contribution in [0.4, 0.5) is 4.79 Å². The summed E-state index contributed by atoms with van der Waals surface area (Å²) in [6.45, 7) is 3.33. The smallest absolute Gasteiger partial charge is 0.404 e. The van der Waals surface area contributed by atoms with Gasteiger partial charge in [0.2, 0.25) is 0 Å². The highest BCUT2D eigenvalue weighted by Crippen LogP contribution is 1.97. The van der Waals surface area contributed by atoms with Crippen molar-refractivity contribution in [2.45, 2.75) is 25.9 Å². The van der Waals surface area contributed by atoms with Gasteiger partial charge in [-0.1, -0.05) is 19.3 Å². The molecule has 0 heterocycles. The predicted molar refractivity (Wildman–Crippen MR) is 59.8 cm³/mol. The van der Waals surface area contributed by atoms with Gasteiger partial charge >= 0.3 is 6.09 Å². The zero-order valence-corrected chi connectivity index (χ0v) is 9.61. The number of terminal acetylenes is 1. The van der Waals surface area contributed by atoms with Crippen LogP contribution in [0.5, 0.6) is 0 Å². The summed E-state index contributed by atoms with van der Waals surface area (Å²) in [5.74, 6) is 2.32. The third kappa shape index (κ3) is 9.31. The van der Waals surface area contributed by atoms with Crippen molar-refractivity contribution in [3.8, 4) is 12.3 Å². The minimum Gasteiger partial charge on any atom is -0.441 e. The van der Waals surface area contributed by atoms with Gasteiger partial charge in [0.15, 0.2) is 6.10 Å². The van der Waals surface area contributed by atoms with E-state index in [1.54, 1.807) is 0 Å². The maximum Gasteiger partial charge on any atom is 0.404 e. The van der Waals surface area contributed by atoms with Crippen LogP contribution in [0.25, 0.3) is 0 Å². The first-order valence-electron chi connectivity index (χ1n) is 5.25. The zero-order valence-electron chi connectivity index (χ0n) is 9.61. The van der Waals surface area contributed by atoms with Crippen molar-refractivity contribution < 1.29 is 19.0 Å². The Kier molecular flexibility index (Phi) is 9.47. The fourth-order valence-corrected chi connectivity index (χ4v) is 0.991. The van der Waals surface area contributed by atoms with E-state index < -0.39 is 12.2 Å². The first-order valence-corrected chi connectivity index (χ1v) is 5.25. The molecule has 0 aromatic carbocycles. The monoisotopic (exact) mass is 229 g/mol. The quantitative estimate of drug-likeness (QED) is 0.471. The molecule has 92 valence electrons.